The second-order valence-electron chi connectivity index (χ2n) is 9.43. The molecule has 0 radical (unpaired) electrons. The van der Waals surface area contributed by atoms with Gasteiger partial charge in [0, 0.05) is 37.1 Å². The molecule has 2 atom stereocenters. The Hall–Kier alpha value is -3.54. The van der Waals surface area contributed by atoms with Gasteiger partial charge in [-0.2, -0.15) is 5.10 Å². The van der Waals surface area contributed by atoms with E-state index in [0.717, 1.165) is 41.5 Å². The molecule has 0 bridgehead atoms. The summed E-state index contributed by atoms with van der Waals surface area (Å²) in [4.78, 5) is 26.8. The summed E-state index contributed by atoms with van der Waals surface area (Å²) in [6.07, 6.45) is 4.28. The maximum Gasteiger partial charge on any atom is 0.326 e. The molecule has 0 aliphatic carbocycles. The predicted molar refractivity (Wildman–Crippen MR) is 152 cm³/mol. The number of anilines is 2. The third-order valence-electron chi connectivity index (χ3n) is 7.12. The van der Waals surface area contributed by atoms with Crippen molar-refractivity contribution in [2.45, 2.75) is 39.3 Å². The van der Waals surface area contributed by atoms with Crippen molar-refractivity contribution in [1.29, 1.82) is 0 Å². The number of nitrogens with one attached hydrogen (secondary N) is 2. The molecule has 0 saturated carbocycles. The van der Waals surface area contributed by atoms with Crippen LogP contribution in [0, 0.1) is 0 Å². The van der Waals surface area contributed by atoms with Crippen LogP contribution in [-0.4, -0.2) is 80.5 Å². The average Bonchev–Trinajstić information content (AvgIpc) is 3.56. The molecule has 0 aromatic carbocycles. The largest absolute Gasteiger partial charge is 0.480 e. The minimum absolute atomic E-state index is 0.426. The fourth-order valence-corrected chi connectivity index (χ4v) is 5.55. The first-order chi connectivity index (χ1) is 18.5. The topological polar surface area (TPSA) is 111 Å². The van der Waals surface area contributed by atoms with Crippen LogP contribution < -0.4 is 15.5 Å². The van der Waals surface area contributed by atoms with Crippen molar-refractivity contribution in [3.05, 3.63) is 48.1 Å². The van der Waals surface area contributed by atoms with Gasteiger partial charge in [-0.3, -0.25) is 10.2 Å². The smallest absolute Gasteiger partial charge is 0.326 e. The summed E-state index contributed by atoms with van der Waals surface area (Å²) in [6, 6.07) is 9.77. The number of rotatable bonds is 12. The highest BCUT2D eigenvalue weighted by molar-refractivity contribution is 7.13. The first-order valence-corrected chi connectivity index (χ1v) is 13.9. The molecule has 11 heteroatoms. The molecule has 5 heterocycles. The summed E-state index contributed by atoms with van der Waals surface area (Å²) in [6.45, 7) is 10.7. The minimum Gasteiger partial charge on any atom is -0.480 e. The Balaban J connectivity index is 1.43. The highest BCUT2D eigenvalue weighted by Gasteiger charge is 2.35. The Kier molecular flexibility index (Phi) is 7.87. The van der Waals surface area contributed by atoms with Gasteiger partial charge >= 0.3 is 5.97 Å². The first-order valence-electron chi connectivity index (χ1n) is 13.1. The standard InChI is InChI=1S/C27H34N8O2S/c1-4-33(5-2)18(3)15-28-17-29-19-13-22(31-25(14-19)34-10-9-23(34)27(36)37)20-16-30-35-11-8-21(32-26(20)35)24-7-6-12-38-24/h6-8,11-14,16,18,23,28H,4-5,9-10,15,17H2,1-3H3,(H,29,31)(H,36,37)/t18-,23-/m0/s1. The SMILES string of the molecule is CCN(CC)[C@@H](C)CNCNc1cc(-c2cnn3ccc(-c4cccs4)nc23)nc(N2CC[C@H]2C(=O)O)c1. The Morgan fingerprint density at radius 1 is 1.24 bits per heavy atom. The van der Waals surface area contributed by atoms with Crippen molar-refractivity contribution >= 4 is 34.5 Å². The second kappa shape index (κ2) is 11.5. The summed E-state index contributed by atoms with van der Waals surface area (Å²) in [5.74, 6) is -0.197. The Morgan fingerprint density at radius 3 is 2.76 bits per heavy atom. The number of carboxylic acid groups (broad SMARTS) is 1. The summed E-state index contributed by atoms with van der Waals surface area (Å²) >= 11 is 1.64. The van der Waals surface area contributed by atoms with Gasteiger partial charge in [0.05, 0.1) is 34.7 Å². The fraction of sp³-hybridized carbons (Fsp3) is 0.407. The van der Waals surface area contributed by atoms with E-state index in [4.69, 9.17) is 9.97 Å². The zero-order valence-corrected chi connectivity index (χ0v) is 22.8. The van der Waals surface area contributed by atoms with E-state index in [-0.39, 0.29) is 0 Å². The van der Waals surface area contributed by atoms with Gasteiger partial charge in [0.1, 0.15) is 11.9 Å². The van der Waals surface area contributed by atoms with Crippen molar-refractivity contribution in [2.24, 2.45) is 0 Å². The minimum atomic E-state index is -0.830. The fourth-order valence-electron chi connectivity index (χ4n) is 4.85. The molecule has 0 unspecified atom stereocenters. The molecule has 0 spiro atoms. The molecule has 1 fully saturated rings. The molecule has 38 heavy (non-hydrogen) atoms. The van der Waals surface area contributed by atoms with E-state index in [1.54, 1.807) is 22.0 Å². The van der Waals surface area contributed by atoms with E-state index < -0.39 is 12.0 Å². The zero-order valence-electron chi connectivity index (χ0n) is 22.0. The van der Waals surface area contributed by atoms with E-state index in [0.29, 0.717) is 42.8 Å². The van der Waals surface area contributed by atoms with Crippen molar-refractivity contribution in [3.8, 4) is 21.8 Å². The molecular formula is C27H34N8O2S. The summed E-state index contributed by atoms with van der Waals surface area (Å²) in [5.41, 5.74) is 3.94. The number of pyridine rings is 1. The van der Waals surface area contributed by atoms with Crippen LogP contribution in [0.2, 0.25) is 0 Å². The normalized spacial score (nSPS) is 16.1. The lowest BCUT2D eigenvalue weighted by molar-refractivity contribution is -0.140. The number of fused-ring (bicyclic) bond motifs is 1. The molecular weight excluding hydrogens is 500 g/mol. The molecule has 200 valence electrons. The van der Waals surface area contributed by atoms with Crippen LogP contribution in [0.4, 0.5) is 11.5 Å². The van der Waals surface area contributed by atoms with Crippen molar-refractivity contribution in [2.75, 3.05) is 43.1 Å². The second-order valence-corrected chi connectivity index (χ2v) is 10.4. The van der Waals surface area contributed by atoms with Crippen molar-refractivity contribution < 1.29 is 9.90 Å². The number of hydrogen-bond donors (Lipinski definition) is 3. The van der Waals surface area contributed by atoms with E-state index in [1.165, 1.54) is 0 Å². The Morgan fingerprint density at radius 2 is 2.08 bits per heavy atom. The highest BCUT2D eigenvalue weighted by Crippen LogP contribution is 2.33. The number of likely N-dealkylation sites (N-methyl/N-ethyl adjacent to an activating group) is 1. The molecule has 5 rings (SSSR count). The van der Waals surface area contributed by atoms with Crippen LogP contribution in [0.15, 0.2) is 48.1 Å². The Labute approximate surface area is 226 Å². The van der Waals surface area contributed by atoms with Crippen LogP contribution in [0.1, 0.15) is 27.2 Å². The van der Waals surface area contributed by atoms with E-state index in [9.17, 15) is 9.90 Å². The van der Waals surface area contributed by atoms with Crippen molar-refractivity contribution in [1.82, 2.24) is 29.8 Å². The lowest BCUT2D eigenvalue weighted by Gasteiger charge is -2.39. The van der Waals surface area contributed by atoms with E-state index in [1.807, 2.05) is 46.8 Å². The molecule has 0 amide bonds. The number of aliphatic carboxylic acids is 1. The Bertz CT molecular complexity index is 1390. The molecule has 4 aromatic rings. The lowest BCUT2D eigenvalue weighted by Crippen LogP contribution is -2.53. The van der Waals surface area contributed by atoms with Gasteiger partial charge in [0.15, 0.2) is 5.65 Å². The summed E-state index contributed by atoms with van der Waals surface area (Å²) in [7, 11) is 0. The average molecular weight is 535 g/mol. The third kappa shape index (κ3) is 5.35. The van der Waals surface area contributed by atoms with Crippen LogP contribution in [-0.2, 0) is 4.79 Å². The predicted octanol–water partition coefficient (Wildman–Crippen LogP) is 3.87. The molecule has 3 N–H and O–H groups in total. The lowest BCUT2D eigenvalue weighted by atomic mass is 10.0. The van der Waals surface area contributed by atoms with Gasteiger partial charge in [-0.1, -0.05) is 19.9 Å². The van der Waals surface area contributed by atoms with Crippen molar-refractivity contribution in [3.63, 3.8) is 0 Å². The quantitative estimate of drug-likeness (QED) is 0.184. The molecule has 10 nitrogen and oxygen atoms in total. The number of thiophene rings is 1. The summed E-state index contributed by atoms with van der Waals surface area (Å²) in [5, 5.41) is 23.1. The maximum absolute atomic E-state index is 11.7. The van der Waals surface area contributed by atoms with E-state index in [2.05, 4.69) is 41.4 Å². The van der Waals surface area contributed by atoms with Crippen LogP contribution in [0.5, 0.6) is 0 Å². The van der Waals surface area contributed by atoms with Gasteiger partial charge in [-0.25, -0.2) is 19.3 Å². The highest BCUT2D eigenvalue weighted by atomic mass is 32.1. The molecule has 4 aromatic heterocycles. The molecule has 1 aliphatic heterocycles. The molecule has 1 aliphatic rings. The number of nitrogens with zero attached hydrogens (tertiary/aromatic N) is 6. The maximum atomic E-state index is 11.7. The summed E-state index contributed by atoms with van der Waals surface area (Å²) < 4.78 is 1.74. The third-order valence-corrected chi connectivity index (χ3v) is 8.01. The van der Waals surface area contributed by atoms with Gasteiger partial charge in [-0.15, -0.1) is 11.3 Å². The zero-order chi connectivity index (χ0) is 26.6. The van der Waals surface area contributed by atoms with Gasteiger partial charge in [0.2, 0.25) is 0 Å². The van der Waals surface area contributed by atoms with Gasteiger partial charge < -0.3 is 15.3 Å². The van der Waals surface area contributed by atoms with Gasteiger partial charge in [0.25, 0.3) is 0 Å². The van der Waals surface area contributed by atoms with Gasteiger partial charge in [-0.05, 0) is 50.0 Å². The van der Waals surface area contributed by atoms with E-state index >= 15 is 0 Å². The monoisotopic (exact) mass is 534 g/mol. The number of hydrogen-bond acceptors (Lipinski definition) is 9. The van der Waals surface area contributed by atoms with Crippen LogP contribution >= 0.6 is 11.3 Å². The number of carboxylic acids is 1. The number of aromatic nitrogens is 4. The first kappa shape index (κ1) is 26.1. The van der Waals surface area contributed by atoms with Crippen LogP contribution in [0.3, 0.4) is 0 Å². The number of carbonyl (C=O) groups is 1. The molecule has 1 saturated heterocycles. The van der Waals surface area contributed by atoms with Crippen LogP contribution in [0.25, 0.3) is 27.5 Å².